The van der Waals surface area contributed by atoms with Gasteiger partial charge in [0.15, 0.2) is 0 Å². The molecule has 240 valence electrons. The van der Waals surface area contributed by atoms with Crippen molar-refractivity contribution in [1.29, 1.82) is 0 Å². The molecule has 12 rings (SSSR count). The van der Waals surface area contributed by atoms with E-state index >= 15 is 0 Å². The molecule has 1 heteroatoms. The number of hydrogen-bond acceptors (Lipinski definition) is 1. The summed E-state index contributed by atoms with van der Waals surface area (Å²) in [5.74, 6) is 1.80. The van der Waals surface area contributed by atoms with E-state index in [9.17, 15) is 0 Å². The van der Waals surface area contributed by atoms with Gasteiger partial charge in [-0.25, -0.2) is 0 Å². The van der Waals surface area contributed by atoms with E-state index in [-0.39, 0.29) is 0 Å². The van der Waals surface area contributed by atoms with Gasteiger partial charge in [0.2, 0.25) is 0 Å². The van der Waals surface area contributed by atoms with Crippen molar-refractivity contribution in [1.82, 2.24) is 0 Å². The summed E-state index contributed by atoms with van der Waals surface area (Å²) < 4.78 is 6.67. The van der Waals surface area contributed by atoms with Gasteiger partial charge in [-0.2, -0.15) is 0 Å². The Morgan fingerprint density at radius 2 is 0.962 bits per heavy atom. The Kier molecular flexibility index (Phi) is 5.49. The lowest BCUT2D eigenvalue weighted by Crippen LogP contribution is -2.25. The summed E-state index contributed by atoms with van der Waals surface area (Å²) in [6.45, 7) is 0. The number of ether oxygens (including phenoxy) is 1. The summed E-state index contributed by atoms with van der Waals surface area (Å²) in [5.41, 5.74) is 17.5. The average Bonchev–Trinajstić information content (AvgIpc) is 3.69. The fraction of sp³-hybridized carbons (Fsp3) is 0.0196. The van der Waals surface area contributed by atoms with E-state index in [4.69, 9.17) is 4.74 Å². The molecule has 0 amide bonds. The summed E-state index contributed by atoms with van der Waals surface area (Å²) >= 11 is 0. The second-order valence-electron chi connectivity index (χ2n) is 14.3. The van der Waals surface area contributed by atoms with Crippen LogP contribution in [0.25, 0.3) is 77.2 Å². The number of benzene rings is 9. The maximum atomic E-state index is 6.67. The molecule has 0 saturated heterocycles. The van der Waals surface area contributed by atoms with E-state index in [1.54, 1.807) is 0 Å². The molecular weight excluding hydrogens is 629 g/mol. The largest absolute Gasteiger partial charge is 0.456 e. The third-order valence-corrected chi connectivity index (χ3v) is 11.9. The molecule has 1 atom stereocenters. The standard InChI is InChI=1S/C51H30O/c1-2-12-31(13-3-1)34-26-29-47-50-37(34)19-10-20-38(50)41-30-33(25-28-46(41)52-47)36-18-11-23-44-49(36)40-17-7-9-22-43(40)51(44)42-21-8-6-16-39(42)48-35-15-5-4-14-32(35)24-27-45(48)51/h1-30H. The van der Waals surface area contributed by atoms with E-state index < -0.39 is 5.41 Å². The maximum absolute atomic E-state index is 6.67. The summed E-state index contributed by atoms with van der Waals surface area (Å²) in [5, 5.41) is 4.96. The van der Waals surface area contributed by atoms with Crippen LogP contribution < -0.4 is 4.74 Å². The molecular formula is C51H30O. The minimum absolute atomic E-state index is 0.409. The van der Waals surface area contributed by atoms with Gasteiger partial charge in [0.1, 0.15) is 11.5 Å². The van der Waals surface area contributed by atoms with Crippen LogP contribution >= 0.6 is 0 Å². The highest BCUT2D eigenvalue weighted by Crippen LogP contribution is 2.65. The lowest BCUT2D eigenvalue weighted by Gasteiger charge is -2.30. The highest BCUT2D eigenvalue weighted by Gasteiger charge is 2.52. The highest BCUT2D eigenvalue weighted by molar-refractivity contribution is 6.11. The first-order valence-electron chi connectivity index (χ1n) is 18.1. The first kappa shape index (κ1) is 28.0. The second-order valence-corrected chi connectivity index (χ2v) is 14.3. The molecule has 0 radical (unpaired) electrons. The van der Waals surface area contributed by atoms with E-state index in [2.05, 4.69) is 182 Å². The van der Waals surface area contributed by atoms with Crippen LogP contribution in [0.4, 0.5) is 0 Å². The molecule has 3 aliphatic rings. The fourth-order valence-electron chi connectivity index (χ4n) is 9.87. The van der Waals surface area contributed by atoms with Crippen LogP contribution in [0.1, 0.15) is 22.3 Å². The number of rotatable bonds is 2. The van der Waals surface area contributed by atoms with Crippen molar-refractivity contribution >= 4 is 21.5 Å². The Morgan fingerprint density at radius 3 is 1.83 bits per heavy atom. The molecule has 0 saturated carbocycles. The molecule has 2 aliphatic carbocycles. The fourth-order valence-corrected chi connectivity index (χ4v) is 9.87. The zero-order valence-corrected chi connectivity index (χ0v) is 28.2. The molecule has 1 heterocycles. The van der Waals surface area contributed by atoms with Crippen molar-refractivity contribution in [3.63, 3.8) is 0 Å². The first-order valence-corrected chi connectivity index (χ1v) is 18.1. The topological polar surface area (TPSA) is 9.23 Å². The van der Waals surface area contributed by atoms with Crippen LogP contribution in [-0.2, 0) is 5.41 Å². The Balaban J connectivity index is 1.11. The van der Waals surface area contributed by atoms with Gasteiger partial charge in [0.05, 0.1) is 5.41 Å². The predicted molar refractivity (Wildman–Crippen MR) is 214 cm³/mol. The minimum atomic E-state index is -0.409. The van der Waals surface area contributed by atoms with Gasteiger partial charge >= 0.3 is 0 Å². The van der Waals surface area contributed by atoms with Crippen LogP contribution in [0.5, 0.6) is 11.5 Å². The van der Waals surface area contributed by atoms with Crippen molar-refractivity contribution in [3.8, 4) is 67.1 Å². The van der Waals surface area contributed by atoms with Crippen molar-refractivity contribution in [2.75, 3.05) is 0 Å². The van der Waals surface area contributed by atoms with Gasteiger partial charge in [-0.3, -0.25) is 0 Å². The zero-order valence-electron chi connectivity index (χ0n) is 28.2. The molecule has 1 spiro atoms. The molecule has 0 fully saturated rings. The molecule has 9 aromatic rings. The molecule has 9 aromatic carbocycles. The predicted octanol–water partition coefficient (Wildman–Crippen LogP) is 13.4. The van der Waals surface area contributed by atoms with Gasteiger partial charge in [-0.15, -0.1) is 0 Å². The average molecular weight is 659 g/mol. The van der Waals surface area contributed by atoms with Gasteiger partial charge in [0.25, 0.3) is 0 Å². The molecule has 1 unspecified atom stereocenters. The van der Waals surface area contributed by atoms with Crippen molar-refractivity contribution < 1.29 is 4.74 Å². The highest BCUT2D eigenvalue weighted by atomic mass is 16.5. The van der Waals surface area contributed by atoms with Crippen LogP contribution in [0.2, 0.25) is 0 Å². The summed E-state index contributed by atoms with van der Waals surface area (Å²) in [6, 6.07) is 67.1. The monoisotopic (exact) mass is 658 g/mol. The minimum Gasteiger partial charge on any atom is -0.456 e. The molecule has 0 aromatic heterocycles. The van der Waals surface area contributed by atoms with Crippen molar-refractivity contribution in [2.45, 2.75) is 5.41 Å². The molecule has 1 nitrogen and oxygen atoms in total. The third kappa shape index (κ3) is 3.48. The first-order chi connectivity index (χ1) is 25.8. The lowest BCUT2D eigenvalue weighted by molar-refractivity contribution is 0.487. The van der Waals surface area contributed by atoms with E-state index in [0.29, 0.717) is 0 Å². The quantitative estimate of drug-likeness (QED) is 0.180. The smallest absolute Gasteiger partial charge is 0.135 e. The Bertz CT molecular complexity index is 2990. The van der Waals surface area contributed by atoms with Gasteiger partial charge in [-0.1, -0.05) is 164 Å². The number of hydrogen-bond donors (Lipinski definition) is 0. The molecule has 52 heavy (non-hydrogen) atoms. The van der Waals surface area contributed by atoms with Gasteiger partial charge in [0, 0.05) is 10.9 Å². The summed E-state index contributed by atoms with van der Waals surface area (Å²) in [7, 11) is 0. The zero-order chi connectivity index (χ0) is 34.0. The summed E-state index contributed by atoms with van der Waals surface area (Å²) in [4.78, 5) is 0. The Hall–Kier alpha value is -6.70. The SMILES string of the molecule is c1ccc(-c2ccc3c4c(cccc24)-c2cc(-c4cccc5c4-c4ccccc4C54c5ccccc5-c5c4ccc4ccccc54)ccc2O3)cc1. The summed E-state index contributed by atoms with van der Waals surface area (Å²) in [6.07, 6.45) is 0. The maximum Gasteiger partial charge on any atom is 0.135 e. The van der Waals surface area contributed by atoms with E-state index in [1.807, 2.05) is 0 Å². The van der Waals surface area contributed by atoms with Crippen molar-refractivity contribution in [2.24, 2.45) is 0 Å². The number of fused-ring (bicyclic) bond motifs is 14. The molecule has 0 bridgehead atoms. The van der Waals surface area contributed by atoms with Crippen LogP contribution in [0.3, 0.4) is 0 Å². The normalized spacial score (nSPS) is 15.5. The van der Waals surface area contributed by atoms with Crippen LogP contribution in [0, 0.1) is 0 Å². The van der Waals surface area contributed by atoms with Crippen LogP contribution in [-0.4, -0.2) is 0 Å². The molecule has 0 N–H and O–H groups in total. The van der Waals surface area contributed by atoms with Crippen LogP contribution in [0.15, 0.2) is 182 Å². The second kappa shape index (κ2) is 10.2. The Labute approximate surface area is 302 Å². The lowest BCUT2D eigenvalue weighted by atomic mass is 9.70. The van der Waals surface area contributed by atoms with E-state index in [0.717, 1.165) is 17.1 Å². The third-order valence-electron chi connectivity index (χ3n) is 11.9. The molecule has 1 aliphatic heterocycles. The van der Waals surface area contributed by atoms with Gasteiger partial charge in [-0.05, 0) is 107 Å². The Morgan fingerprint density at radius 1 is 0.327 bits per heavy atom. The van der Waals surface area contributed by atoms with E-state index in [1.165, 1.54) is 93.9 Å². The van der Waals surface area contributed by atoms with Crippen molar-refractivity contribution in [3.05, 3.63) is 204 Å². The van der Waals surface area contributed by atoms with Gasteiger partial charge < -0.3 is 4.74 Å².